The third kappa shape index (κ3) is 4.18. The highest BCUT2D eigenvalue weighted by Gasteiger charge is 2.11. The van der Waals surface area contributed by atoms with Crippen molar-refractivity contribution in [3.8, 4) is 0 Å². The number of hydrogen-bond acceptors (Lipinski definition) is 4. The molecule has 6 heteroatoms. The molecular formula is C16H19ClN4O. The first-order valence-corrected chi connectivity index (χ1v) is 7.63. The highest BCUT2D eigenvalue weighted by molar-refractivity contribution is 6.31. The lowest BCUT2D eigenvalue weighted by Crippen LogP contribution is -2.16. The molecule has 116 valence electrons. The van der Waals surface area contributed by atoms with Crippen LogP contribution in [0.2, 0.25) is 5.02 Å². The fourth-order valence-corrected chi connectivity index (χ4v) is 2.05. The zero-order valence-electron chi connectivity index (χ0n) is 12.7. The third-order valence-electron chi connectivity index (χ3n) is 3.22. The molecule has 1 aromatic heterocycles. The van der Waals surface area contributed by atoms with Crippen molar-refractivity contribution < 1.29 is 4.79 Å². The Morgan fingerprint density at radius 1 is 1.32 bits per heavy atom. The molecule has 2 aromatic rings. The molecule has 0 fully saturated rings. The first-order valence-electron chi connectivity index (χ1n) is 7.25. The SMILES string of the molecule is CCCCNc1nccc(C(=O)Nc2cccc(Cl)c2C)n1. The average Bonchev–Trinajstić information content (AvgIpc) is 2.52. The summed E-state index contributed by atoms with van der Waals surface area (Å²) in [7, 11) is 0. The van der Waals surface area contributed by atoms with Crippen LogP contribution in [0, 0.1) is 6.92 Å². The van der Waals surface area contributed by atoms with Gasteiger partial charge < -0.3 is 10.6 Å². The standard InChI is InChI=1S/C16H19ClN4O/c1-3-4-9-18-16-19-10-8-14(21-16)15(22)20-13-7-5-6-12(17)11(13)2/h5-8,10H,3-4,9H2,1-2H3,(H,20,22)(H,18,19,21). The summed E-state index contributed by atoms with van der Waals surface area (Å²) < 4.78 is 0. The second-order valence-electron chi connectivity index (χ2n) is 4.91. The molecule has 2 rings (SSSR count). The van der Waals surface area contributed by atoms with Crippen molar-refractivity contribution in [1.82, 2.24) is 9.97 Å². The van der Waals surface area contributed by atoms with E-state index < -0.39 is 0 Å². The van der Waals surface area contributed by atoms with Crippen LogP contribution >= 0.6 is 11.6 Å². The molecule has 0 saturated heterocycles. The summed E-state index contributed by atoms with van der Waals surface area (Å²) in [6.45, 7) is 4.75. The van der Waals surface area contributed by atoms with Gasteiger partial charge in [-0.3, -0.25) is 4.79 Å². The van der Waals surface area contributed by atoms with Crippen molar-refractivity contribution in [2.75, 3.05) is 17.2 Å². The predicted octanol–water partition coefficient (Wildman–Crippen LogP) is 3.90. The number of halogens is 1. The van der Waals surface area contributed by atoms with Gasteiger partial charge in [0.05, 0.1) is 0 Å². The molecule has 0 unspecified atom stereocenters. The largest absolute Gasteiger partial charge is 0.354 e. The Morgan fingerprint density at radius 3 is 2.91 bits per heavy atom. The van der Waals surface area contributed by atoms with Crippen LogP contribution in [0.3, 0.4) is 0 Å². The highest BCUT2D eigenvalue weighted by atomic mass is 35.5. The summed E-state index contributed by atoms with van der Waals surface area (Å²) >= 11 is 6.05. The third-order valence-corrected chi connectivity index (χ3v) is 3.63. The minimum absolute atomic E-state index is 0.286. The van der Waals surface area contributed by atoms with Gasteiger partial charge in [-0.05, 0) is 37.1 Å². The maximum Gasteiger partial charge on any atom is 0.274 e. The lowest BCUT2D eigenvalue weighted by molar-refractivity contribution is 0.102. The molecule has 1 amide bonds. The summed E-state index contributed by atoms with van der Waals surface area (Å²) in [6, 6.07) is 6.97. The van der Waals surface area contributed by atoms with E-state index in [9.17, 15) is 4.79 Å². The Hall–Kier alpha value is -2.14. The summed E-state index contributed by atoms with van der Waals surface area (Å²) in [5, 5.41) is 6.54. The van der Waals surface area contributed by atoms with E-state index in [1.54, 1.807) is 30.5 Å². The van der Waals surface area contributed by atoms with E-state index in [4.69, 9.17) is 11.6 Å². The first kappa shape index (κ1) is 16.2. The van der Waals surface area contributed by atoms with Gasteiger partial charge in [-0.1, -0.05) is 31.0 Å². The van der Waals surface area contributed by atoms with Gasteiger partial charge in [0.1, 0.15) is 5.69 Å². The van der Waals surface area contributed by atoms with E-state index in [1.165, 1.54) is 0 Å². The number of aromatic nitrogens is 2. The molecule has 5 nitrogen and oxygen atoms in total. The molecule has 1 heterocycles. The van der Waals surface area contributed by atoms with Gasteiger partial charge in [0.2, 0.25) is 5.95 Å². The first-order chi connectivity index (χ1) is 10.6. The molecule has 2 N–H and O–H groups in total. The Kier molecular flexibility index (Phi) is 5.72. The van der Waals surface area contributed by atoms with Gasteiger partial charge in [0, 0.05) is 23.5 Å². The van der Waals surface area contributed by atoms with Crippen LogP contribution in [0.5, 0.6) is 0 Å². The maximum atomic E-state index is 12.3. The fourth-order valence-electron chi connectivity index (χ4n) is 1.88. The van der Waals surface area contributed by atoms with Gasteiger partial charge in [-0.25, -0.2) is 9.97 Å². The number of amides is 1. The van der Waals surface area contributed by atoms with E-state index in [-0.39, 0.29) is 5.91 Å². The molecule has 0 spiro atoms. The number of nitrogens with zero attached hydrogens (tertiary/aromatic N) is 2. The van der Waals surface area contributed by atoms with E-state index >= 15 is 0 Å². The molecule has 0 radical (unpaired) electrons. The monoisotopic (exact) mass is 318 g/mol. The molecule has 22 heavy (non-hydrogen) atoms. The van der Waals surface area contributed by atoms with Crippen LogP contribution in [-0.2, 0) is 0 Å². The van der Waals surface area contributed by atoms with Crippen molar-refractivity contribution in [2.45, 2.75) is 26.7 Å². The Balaban J connectivity index is 2.09. The van der Waals surface area contributed by atoms with Crippen LogP contribution in [0.25, 0.3) is 0 Å². The molecule has 0 aliphatic carbocycles. The van der Waals surface area contributed by atoms with E-state index in [0.29, 0.717) is 22.4 Å². The molecule has 0 aliphatic rings. The molecular weight excluding hydrogens is 300 g/mol. The predicted molar refractivity (Wildman–Crippen MR) is 89.6 cm³/mol. The zero-order chi connectivity index (χ0) is 15.9. The number of nitrogens with one attached hydrogen (secondary N) is 2. The van der Waals surface area contributed by atoms with Crippen molar-refractivity contribution in [3.63, 3.8) is 0 Å². The minimum Gasteiger partial charge on any atom is -0.354 e. The van der Waals surface area contributed by atoms with Gasteiger partial charge >= 0.3 is 0 Å². The highest BCUT2D eigenvalue weighted by Crippen LogP contribution is 2.23. The molecule has 0 saturated carbocycles. The number of benzene rings is 1. The van der Waals surface area contributed by atoms with E-state index in [2.05, 4.69) is 27.5 Å². The maximum absolute atomic E-state index is 12.3. The lowest BCUT2D eigenvalue weighted by atomic mass is 10.2. The summed E-state index contributed by atoms with van der Waals surface area (Å²) in [4.78, 5) is 20.6. The van der Waals surface area contributed by atoms with Crippen molar-refractivity contribution in [3.05, 3.63) is 46.7 Å². The Labute approximate surface area is 135 Å². The van der Waals surface area contributed by atoms with Gasteiger partial charge in [0.15, 0.2) is 0 Å². The van der Waals surface area contributed by atoms with E-state index in [0.717, 1.165) is 24.9 Å². The van der Waals surface area contributed by atoms with Crippen LogP contribution in [0.1, 0.15) is 35.8 Å². The number of carbonyl (C=O) groups excluding carboxylic acids is 1. The average molecular weight is 319 g/mol. The number of rotatable bonds is 6. The lowest BCUT2D eigenvalue weighted by Gasteiger charge is -2.10. The normalized spacial score (nSPS) is 10.3. The molecule has 0 bridgehead atoms. The number of anilines is 2. The topological polar surface area (TPSA) is 66.9 Å². The zero-order valence-corrected chi connectivity index (χ0v) is 13.4. The quantitative estimate of drug-likeness (QED) is 0.793. The summed E-state index contributed by atoms with van der Waals surface area (Å²) in [6.07, 6.45) is 3.68. The summed E-state index contributed by atoms with van der Waals surface area (Å²) in [5.41, 5.74) is 1.82. The fraction of sp³-hybridized carbons (Fsp3) is 0.312. The molecule has 0 aliphatic heterocycles. The van der Waals surface area contributed by atoms with Crippen molar-refractivity contribution >= 4 is 29.1 Å². The Morgan fingerprint density at radius 2 is 2.14 bits per heavy atom. The Bertz CT molecular complexity index is 660. The van der Waals surface area contributed by atoms with Gasteiger partial charge in [-0.15, -0.1) is 0 Å². The number of unbranched alkanes of at least 4 members (excludes halogenated alkanes) is 1. The van der Waals surface area contributed by atoms with Crippen molar-refractivity contribution in [1.29, 1.82) is 0 Å². The van der Waals surface area contributed by atoms with Crippen LogP contribution in [0.4, 0.5) is 11.6 Å². The second-order valence-corrected chi connectivity index (χ2v) is 5.32. The number of carbonyl (C=O) groups is 1. The van der Waals surface area contributed by atoms with Crippen LogP contribution < -0.4 is 10.6 Å². The number of hydrogen-bond donors (Lipinski definition) is 2. The van der Waals surface area contributed by atoms with Crippen LogP contribution in [0.15, 0.2) is 30.5 Å². The minimum atomic E-state index is -0.286. The van der Waals surface area contributed by atoms with E-state index in [1.807, 2.05) is 6.92 Å². The second kappa shape index (κ2) is 7.75. The van der Waals surface area contributed by atoms with Crippen LogP contribution in [-0.4, -0.2) is 22.4 Å². The van der Waals surface area contributed by atoms with Gasteiger partial charge in [-0.2, -0.15) is 0 Å². The molecule has 0 atom stereocenters. The smallest absolute Gasteiger partial charge is 0.274 e. The van der Waals surface area contributed by atoms with Gasteiger partial charge in [0.25, 0.3) is 5.91 Å². The summed E-state index contributed by atoms with van der Waals surface area (Å²) in [5.74, 6) is 0.176. The molecule has 1 aromatic carbocycles. The van der Waals surface area contributed by atoms with Crippen molar-refractivity contribution in [2.24, 2.45) is 0 Å².